The molecule has 1 aliphatic heterocycles. The Morgan fingerprint density at radius 1 is 0.271 bits per heavy atom. The zero-order valence-corrected chi connectivity index (χ0v) is 32.4. The summed E-state index contributed by atoms with van der Waals surface area (Å²) < 4.78 is 0. The average Bonchev–Trinajstić information content (AvgIpc) is 3.32. The first-order valence-electron chi connectivity index (χ1n) is 20.2. The second-order valence-corrected chi connectivity index (χ2v) is 15.0. The van der Waals surface area contributed by atoms with Gasteiger partial charge >= 0.3 is 0 Å². The largest absolute Gasteiger partial charge is 0.310 e. The molecule has 0 saturated heterocycles. The SMILES string of the molecule is c1ccc(-c2ccc(N(c3ccc(-c4cccc(N5c6ccccc6N(c6ccccc6)c6ccccc65)c4)cc3)c3cc4ccccc4c4ccccc34)cc2)cc1. The monoisotopic (exact) mass is 753 g/mol. The number of benzene rings is 10. The maximum atomic E-state index is 2.41. The minimum Gasteiger partial charge on any atom is -0.310 e. The van der Waals surface area contributed by atoms with Gasteiger partial charge < -0.3 is 14.7 Å². The summed E-state index contributed by atoms with van der Waals surface area (Å²) >= 11 is 0. The molecule has 1 heterocycles. The van der Waals surface area contributed by atoms with E-state index in [0.717, 1.165) is 62.3 Å². The smallest absolute Gasteiger partial charge is 0.0703 e. The molecular formula is C56H39N3. The first kappa shape index (κ1) is 34.4. The number of hydrogen-bond donors (Lipinski definition) is 0. The van der Waals surface area contributed by atoms with Gasteiger partial charge in [0.15, 0.2) is 0 Å². The third-order valence-corrected chi connectivity index (χ3v) is 11.5. The van der Waals surface area contributed by atoms with E-state index >= 15 is 0 Å². The summed E-state index contributed by atoms with van der Waals surface area (Å²) in [6.07, 6.45) is 0. The molecule has 0 unspecified atom stereocenters. The van der Waals surface area contributed by atoms with Gasteiger partial charge in [0.1, 0.15) is 0 Å². The predicted octanol–water partition coefficient (Wildman–Crippen LogP) is 16.0. The maximum absolute atomic E-state index is 2.41. The van der Waals surface area contributed by atoms with Crippen molar-refractivity contribution in [1.29, 1.82) is 0 Å². The quantitative estimate of drug-likeness (QED) is 0.150. The van der Waals surface area contributed by atoms with E-state index in [-0.39, 0.29) is 0 Å². The van der Waals surface area contributed by atoms with Crippen LogP contribution in [0.25, 0.3) is 43.8 Å². The molecule has 0 N–H and O–H groups in total. The lowest BCUT2D eigenvalue weighted by atomic mass is 9.98. The fourth-order valence-corrected chi connectivity index (χ4v) is 8.79. The van der Waals surface area contributed by atoms with Crippen LogP contribution in [0.2, 0.25) is 0 Å². The number of fused-ring (bicyclic) bond motifs is 5. The molecule has 3 heteroatoms. The highest BCUT2D eigenvalue weighted by Gasteiger charge is 2.30. The highest BCUT2D eigenvalue weighted by molar-refractivity contribution is 6.14. The highest BCUT2D eigenvalue weighted by atomic mass is 15.3. The molecule has 0 aromatic heterocycles. The second kappa shape index (κ2) is 14.6. The standard InChI is InChI=1S/C56H39N3/c1-3-16-40(17-4-1)41-30-34-46(35-31-41)57(56-39-44-18-7-8-23-49(44)50-24-9-10-25-51(50)56)47-36-32-42(33-37-47)43-19-15-22-48(38-43)59-54-28-13-11-26-52(54)58(45-20-5-2-6-21-45)53-27-12-14-29-55(53)59/h1-39H. The van der Waals surface area contributed by atoms with Gasteiger partial charge in [-0.3, -0.25) is 0 Å². The Bertz CT molecular complexity index is 3050. The molecule has 10 aromatic carbocycles. The first-order valence-corrected chi connectivity index (χ1v) is 20.2. The third kappa shape index (κ3) is 6.08. The molecule has 0 aliphatic carbocycles. The van der Waals surface area contributed by atoms with Crippen molar-refractivity contribution in [3.8, 4) is 22.3 Å². The zero-order chi connectivity index (χ0) is 39.1. The molecule has 1 aliphatic rings. The van der Waals surface area contributed by atoms with Crippen molar-refractivity contribution in [2.24, 2.45) is 0 Å². The van der Waals surface area contributed by atoms with E-state index in [9.17, 15) is 0 Å². The lowest BCUT2D eigenvalue weighted by Gasteiger charge is -2.40. The van der Waals surface area contributed by atoms with Gasteiger partial charge in [0, 0.05) is 28.1 Å². The molecule has 0 spiro atoms. The van der Waals surface area contributed by atoms with Gasteiger partial charge in [0.05, 0.1) is 28.4 Å². The summed E-state index contributed by atoms with van der Waals surface area (Å²) in [5.74, 6) is 0. The molecule has 278 valence electrons. The number of para-hydroxylation sites is 5. The Kier molecular flexibility index (Phi) is 8.49. The van der Waals surface area contributed by atoms with Gasteiger partial charge in [0.25, 0.3) is 0 Å². The first-order chi connectivity index (χ1) is 29.3. The van der Waals surface area contributed by atoms with E-state index in [4.69, 9.17) is 0 Å². The summed E-state index contributed by atoms with van der Waals surface area (Å²) in [5, 5.41) is 4.93. The summed E-state index contributed by atoms with van der Waals surface area (Å²) in [6.45, 7) is 0. The lowest BCUT2D eigenvalue weighted by molar-refractivity contribution is 1.17. The Morgan fingerprint density at radius 2 is 0.695 bits per heavy atom. The number of rotatable bonds is 7. The van der Waals surface area contributed by atoms with E-state index in [1.807, 2.05) is 0 Å². The molecule has 0 saturated carbocycles. The third-order valence-electron chi connectivity index (χ3n) is 11.5. The molecule has 10 aromatic rings. The van der Waals surface area contributed by atoms with Crippen LogP contribution in [-0.4, -0.2) is 0 Å². The Morgan fingerprint density at radius 3 is 1.31 bits per heavy atom. The van der Waals surface area contributed by atoms with Crippen LogP contribution >= 0.6 is 0 Å². The molecule has 0 amide bonds. The van der Waals surface area contributed by atoms with Gasteiger partial charge in [-0.25, -0.2) is 0 Å². The summed E-state index contributed by atoms with van der Waals surface area (Å²) in [5.41, 5.74) is 14.9. The molecular weight excluding hydrogens is 715 g/mol. The fraction of sp³-hybridized carbons (Fsp3) is 0. The minimum atomic E-state index is 1.10. The molecule has 59 heavy (non-hydrogen) atoms. The minimum absolute atomic E-state index is 1.10. The molecule has 11 rings (SSSR count). The van der Waals surface area contributed by atoms with Gasteiger partial charge in [-0.1, -0.05) is 158 Å². The molecule has 0 radical (unpaired) electrons. The summed E-state index contributed by atoms with van der Waals surface area (Å²) in [6, 6.07) is 85.4. The average molecular weight is 754 g/mol. The van der Waals surface area contributed by atoms with Gasteiger partial charge in [0.2, 0.25) is 0 Å². The number of anilines is 9. The van der Waals surface area contributed by atoms with Gasteiger partial charge in [-0.15, -0.1) is 0 Å². The van der Waals surface area contributed by atoms with Crippen molar-refractivity contribution >= 4 is 72.7 Å². The molecule has 0 fully saturated rings. The van der Waals surface area contributed by atoms with E-state index < -0.39 is 0 Å². The summed E-state index contributed by atoms with van der Waals surface area (Å²) in [4.78, 5) is 7.17. The van der Waals surface area contributed by atoms with Crippen molar-refractivity contribution in [1.82, 2.24) is 0 Å². The molecule has 3 nitrogen and oxygen atoms in total. The van der Waals surface area contributed by atoms with Gasteiger partial charge in [-0.2, -0.15) is 0 Å². The number of nitrogens with zero attached hydrogens (tertiary/aromatic N) is 3. The van der Waals surface area contributed by atoms with Crippen LogP contribution < -0.4 is 14.7 Å². The topological polar surface area (TPSA) is 9.72 Å². The highest BCUT2D eigenvalue weighted by Crippen LogP contribution is 2.54. The van der Waals surface area contributed by atoms with E-state index in [0.29, 0.717) is 0 Å². The van der Waals surface area contributed by atoms with Crippen molar-refractivity contribution in [2.45, 2.75) is 0 Å². The van der Waals surface area contributed by atoms with Crippen LogP contribution in [0.5, 0.6) is 0 Å². The van der Waals surface area contributed by atoms with Crippen LogP contribution in [0.3, 0.4) is 0 Å². The molecule has 0 bridgehead atoms. The van der Waals surface area contributed by atoms with Crippen molar-refractivity contribution in [3.63, 3.8) is 0 Å². The normalized spacial score (nSPS) is 12.0. The zero-order valence-electron chi connectivity index (χ0n) is 32.4. The Hall–Kier alpha value is -7.88. The Balaban J connectivity index is 1.01. The van der Waals surface area contributed by atoms with Crippen LogP contribution in [0.15, 0.2) is 237 Å². The van der Waals surface area contributed by atoms with Crippen LogP contribution in [0, 0.1) is 0 Å². The van der Waals surface area contributed by atoms with Crippen LogP contribution in [-0.2, 0) is 0 Å². The molecule has 0 atom stereocenters. The lowest BCUT2D eigenvalue weighted by Crippen LogP contribution is -2.23. The maximum Gasteiger partial charge on any atom is 0.0703 e. The van der Waals surface area contributed by atoms with Crippen LogP contribution in [0.4, 0.5) is 51.2 Å². The van der Waals surface area contributed by atoms with Gasteiger partial charge in [-0.05, 0) is 117 Å². The van der Waals surface area contributed by atoms with Crippen molar-refractivity contribution in [3.05, 3.63) is 237 Å². The Labute approximate surface area is 344 Å². The van der Waals surface area contributed by atoms with E-state index in [1.54, 1.807) is 0 Å². The second-order valence-electron chi connectivity index (χ2n) is 15.0. The van der Waals surface area contributed by atoms with E-state index in [1.165, 1.54) is 32.7 Å². The fourth-order valence-electron chi connectivity index (χ4n) is 8.79. The van der Waals surface area contributed by atoms with Crippen LogP contribution in [0.1, 0.15) is 0 Å². The van der Waals surface area contributed by atoms with E-state index in [2.05, 4.69) is 251 Å². The van der Waals surface area contributed by atoms with Crippen molar-refractivity contribution in [2.75, 3.05) is 14.7 Å². The van der Waals surface area contributed by atoms with Crippen molar-refractivity contribution < 1.29 is 0 Å². The number of hydrogen-bond acceptors (Lipinski definition) is 3. The summed E-state index contributed by atoms with van der Waals surface area (Å²) in [7, 11) is 0. The predicted molar refractivity (Wildman–Crippen MR) is 250 cm³/mol.